The third-order valence-corrected chi connectivity index (χ3v) is 5.04. The molecule has 0 atom stereocenters. The summed E-state index contributed by atoms with van der Waals surface area (Å²) in [5, 5.41) is 15.0. The Hall–Kier alpha value is -4.27. The van der Waals surface area contributed by atoms with E-state index in [0.29, 0.717) is 28.0 Å². The molecule has 0 spiro atoms. The summed E-state index contributed by atoms with van der Waals surface area (Å²) in [6.45, 7) is 5.13. The Morgan fingerprint density at radius 3 is 2.21 bits per heavy atom. The fraction of sp³-hybridized carbons (Fsp3) is 0.208. The molecule has 33 heavy (non-hydrogen) atoms. The molecule has 0 aliphatic heterocycles. The van der Waals surface area contributed by atoms with Crippen molar-refractivity contribution in [3.8, 4) is 5.69 Å². The number of para-hydroxylation sites is 1. The number of benzene rings is 2. The van der Waals surface area contributed by atoms with Crippen LogP contribution in [0.25, 0.3) is 16.6 Å². The van der Waals surface area contributed by atoms with Gasteiger partial charge >= 0.3 is 0 Å². The van der Waals surface area contributed by atoms with Crippen molar-refractivity contribution in [1.82, 2.24) is 19.6 Å². The first-order valence-electron chi connectivity index (χ1n) is 10.5. The molecule has 0 fully saturated rings. The molecule has 2 aromatic heterocycles. The van der Waals surface area contributed by atoms with Gasteiger partial charge in [-0.25, -0.2) is 9.36 Å². The van der Waals surface area contributed by atoms with Gasteiger partial charge in [-0.2, -0.15) is 10.2 Å². The van der Waals surface area contributed by atoms with E-state index in [1.807, 2.05) is 44.2 Å². The van der Waals surface area contributed by atoms with E-state index in [9.17, 15) is 14.4 Å². The number of carbonyl (C=O) groups excluding carboxylic acids is 2. The van der Waals surface area contributed by atoms with Crippen LogP contribution in [0.5, 0.6) is 0 Å². The zero-order valence-corrected chi connectivity index (χ0v) is 18.6. The Morgan fingerprint density at radius 2 is 1.61 bits per heavy atom. The van der Waals surface area contributed by atoms with Crippen molar-refractivity contribution in [2.24, 2.45) is 0 Å². The number of nitrogens with one attached hydrogen (secondary N) is 2. The van der Waals surface area contributed by atoms with Crippen LogP contribution in [0.15, 0.2) is 65.6 Å². The highest BCUT2D eigenvalue weighted by Crippen LogP contribution is 2.23. The van der Waals surface area contributed by atoms with Crippen molar-refractivity contribution in [2.75, 3.05) is 10.6 Å². The second-order valence-electron chi connectivity index (χ2n) is 7.96. The third-order valence-electron chi connectivity index (χ3n) is 5.04. The van der Waals surface area contributed by atoms with Gasteiger partial charge in [0.05, 0.1) is 17.6 Å². The van der Waals surface area contributed by atoms with E-state index in [2.05, 4.69) is 20.8 Å². The Morgan fingerprint density at radius 1 is 0.970 bits per heavy atom. The highest BCUT2D eigenvalue weighted by molar-refractivity contribution is 5.92. The highest BCUT2D eigenvalue weighted by Gasteiger charge is 2.20. The van der Waals surface area contributed by atoms with Crippen LogP contribution in [-0.4, -0.2) is 31.4 Å². The Balaban J connectivity index is 1.66. The van der Waals surface area contributed by atoms with E-state index < -0.39 is 11.5 Å². The van der Waals surface area contributed by atoms with Gasteiger partial charge in [0.2, 0.25) is 11.8 Å². The molecule has 0 aliphatic carbocycles. The number of hydrogen-bond donors (Lipinski definition) is 2. The average molecular weight is 444 g/mol. The molecule has 9 heteroatoms. The summed E-state index contributed by atoms with van der Waals surface area (Å²) in [6, 6.07) is 16.1. The summed E-state index contributed by atoms with van der Waals surface area (Å²) in [7, 11) is 0. The summed E-state index contributed by atoms with van der Waals surface area (Å²) in [4.78, 5) is 37.2. The maximum atomic E-state index is 13.3. The van der Waals surface area contributed by atoms with E-state index in [4.69, 9.17) is 0 Å². The SMILES string of the molecule is CC(=O)Nc1ccc(NC(=O)Cn2nc(C(C)C)c3cnn(-c4ccccc4)c3c2=O)cc1. The molecule has 0 saturated heterocycles. The van der Waals surface area contributed by atoms with Crippen LogP contribution < -0.4 is 16.2 Å². The van der Waals surface area contributed by atoms with Crippen molar-refractivity contribution < 1.29 is 9.59 Å². The zero-order chi connectivity index (χ0) is 23.5. The summed E-state index contributed by atoms with van der Waals surface area (Å²) in [6.07, 6.45) is 1.65. The number of aromatic nitrogens is 4. The molecule has 9 nitrogen and oxygen atoms in total. The molecular weight excluding hydrogens is 420 g/mol. The maximum absolute atomic E-state index is 13.3. The van der Waals surface area contributed by atoms with Crippen LogP contribution in [0, 0.1) is 0 Å². The molecule has 4 rings (SSSR count). The normalized spacial score (nSPS) is 11.0. The molecule has 4 aromatic rings. The summed E-state index contributed by atoms with van der Waals surface area (Å²) < 4.78 is 2.76. The van der Waals surface area contributed by atoms with Crippen molar-refractivity contribution >= 4 is 34.1 Å². The quantitative estimate of drug-likeness (QED) is 0.474. The largest absolute Gasteiger partial charge is 0.326 e. The molecule has 2 aromatic carbocycles. The highest BCUT2D eigenvalue weighted by atomic mass is 16.2. The van der Waals surface area contributed by atoms with Crippen molar-refractivity contribution in [3.63, 3.8) is 0 Å². The zero-order valence-electron chi connectivity index (χ0n) is 18.6. The number of rotatable bonds is 6. The predicted molar refractivity (Wildman–Crippen MR) is 127 cm³/mol. The fourth-order valence-corrected chi connectivity index (χ4v) is 3.57. The van der Waals surface area contributed by atoms with Crippen LogP contribution >= 0.6 is 0 Å². The van der Waals surface area contributed by atoms with Crippen LogP contribution in [0.3, 0.4) is 0 Å². The third kappa shape index (κ3) is 4.67. The maximum Gasteiger partial charge on any atom is 0.293 e. The predicted octanol–water partition coefficient (Wildman–Crippen LogP) is 3.30. The summed E-state index contributed by atoms with van der Waals surface area (Å²) >= 11 is 0. The number of carbonyl (C=O) groups is 2. The standard InChI is InChI=1S/C24H24N6O3/c1-15(2)22-20-13-25-30(19-7-5-4-6-8-19)23(20)24(33)29(28-22)14-21(32)27-18-11-9-17(10-12-18)26-16(3)31/h4-13,15H,14H2,1-3H3,(H,26,31)(H,27,32). The minimum absolute atomic E-state index is 0.0251. The smallest absolute Gasteiger partial charge is 0.293 e. The molecule has 0 saturated carbocycles. The van der Waals surface area contributed by atoms with Crippen molar-refractivity contribution in [2.45, 2.75) is 33.2 Å². The minimum Gasteiger partial charge on any atom is -0.326 e. The summed E-state index contributed by atoms with van der Waals surface area (Å²) in [5.41, 5.74) is 2.60. The van der Waals surface area contributed by atoms with Gasteiger partial charge in [0.1, 0.15) is 12.1 Å². The van der Waals surface area contributed by atoms with Gasteiger partial charge in [-0.05, 0) is 42.3 Å². The molecule has 2 amide bonds. The molecule has 0 aliphatic rings. The van der Waals surface area contributed by atoms with Crippen LogP contribution in [0.2, 0.25) is 0 Å². The van der Waals surface area contributed by atoms with Gasteiger partial charge in [-0.3, -0.25) is 14.4 Å². The molecular formula is C24H24N6O3. The van der Waals surface area contributed by atoms with Gasteiger partial charge in [0, 0.05) is 23.7 Å². The first kappa shape index (κ1) is 21.9. The molecule has 2 N–H and O–H groups in total. The lowest BCUT2D eigenvalue weighted by Gasteiger charge is -2.12. The molecule has 168 valence electrons. The van der Waals surface area contributed by atoms with Gasteiger partial charge in [-0.1, -0.05) is 32.0 Å². The first-order valence-corrected chi connectivity index (χ1v) is 10.5. The average Bonchev–Trinajstić information content (AvgIpc) is 3.22. The lowest BCUT2D eigenvalue weighted by Crippen LogP contribution is -2.31. The number of hydrogen-bond acceptors (Lipinski definition) is 5. The van der Waals surface area contributed by atoms with Crippen LogP contribution in [0.4, 0.5) is 11.4 Å². The van der Waals surface area contributed by atoms with Crippen molar-refractivity contribution in [3.05, 3.63) is 76.8 Å². The molecule has 0 radical (unpaired) electrons. The lowest BCUT2D eigenvalue weighted by atomic mass is 10.1. The first-order chi connectivity index (χ1) is 15.8. The lowest BCUT2D eigenvalue weighted by molar-refractivity contribution is -0.117. The van der Waals surface area contributed by atoms with E-state index in [-0.39, 0.29) is 18.4 Å². The fourth-order valence-electron chi connectivity index (χ4n) is 3.57. The summed E-state index contributed by atoms with van der Waals surface area (Å²) in [5.74, 6) is -0.544. The Bertz CT molecular complexity index is 1370. The Kier molecular flexibility index (Phi) is 6.03. The van der Waals surface area contributed by atoms with Crippen molar-refractivity contribution in [1.29, 1.82) is 0 Å². The molecule has 0 bridgehead atoms. The van der Waals surface area contributed by atoms with Crippen LogP contribution in [-0.2, 0) is 16.1 Å². The number of nitrogens with zero attached hydrogens (tertiary/aromatic N) is 4. The van der Waals surface area contributed by atoms with Gasteiger partial charge in [0.15, 0.2) is 0 Å². The van der Waals surface area contributed by atoms with E-state index in [1.165, 1.54) is 11.6 Å². The second-order valence-corrected chi connectivity index (χ2v) is 7.96. The minimum atomic E-state index is -0.396. The number of amides is 2. The van der Waals surface area contributed by atoms with E-state index >= 15 is 0 Å². The van der Waals surface area contributed by atoms with E-state index in [1.54, 1.807) is 35.1 Å². The number of anilines is 2. The Labute approximate surface area is 190 Å². The number of fused-ring (bicyclic) bond motifs is 1. The topological polar surface area (TPSA) is 111 Å². The van der Waals surface area contributed by atoms with Gasteiger partial charge in [-0.15, -0.1) is 0 Å². The van der Waals surface area contributed by atoms with Gasteiger partial charge < -0.3 is 10.6 Å². The molecule has 0 unspecified atom stereocenters. The van der Waals surface area contributed by atoms with Crippen LogP contribution in [0.1, 0.15) is 32.4 Å². The van der Waals surface area contributed by atoms with E-state index in [0.717, 1.165) is 5.69 Å². The molecule has 2 heterocycles. The van der Waals surface area contributed by atoms with Gasteiger partial charge in [0.25, 0.3) is 5.56 Å². The second kappa shape index (κ2) is 9.07. The monoisotopic (exact) mass is 444 g/mol.